The molecule has 19 heavy (non-hydrogen) atoms. The number of nitrogens with two attached hydrogens (primary N) is 1. The molecule has 106 valence electrons. The lowest BCUT2D eigenvalue weighted by Gasteiger charge is -2.30. The van der Waals surface area contributed by atoms with E-state index in [1.807, 2.05) is 6.92 Å². The molecule has 1 aromatic rings. The zero-order valence-electron chi connectivity index (χ0n) is 12.5. The first-order valence-electron chi connectivity index (χ1n) is 7.63. The van der Waals surface area contributed by atoms with Gasteiger partial charge in [-0.15, -0.1) is 0 Å². The number of hydrogen-bond donors (Lipinski definition) is 1. The Bertz CT molecular complexity index is 414. The van der Waals surface area contributed by atoms with Crippen molar-refractivity contribution in [2.24, 2.45) is 11.7 Å². The quantitative estimate of drug-likeness (QED) is 0.874. The maximum atomic E-state index is 6.25. The van der Waals surface area contributed by atoms with Crippen LogP contribution in [0.4, 0.5) is 0 Å². The van der Waals surface area contributed by atoms with Gasteiger partial charge in [0.1, 0.15) is 5.75 Å². The summed E-state index contributed by atoms with van der Waals surface area (Å²) >= 11 is 0. The van der Waals surface area contributed by atoms with Gasteiger partial charge in [-0.3, -0.25) is 0 Å². The van der Waals surface area contributed by atoms with E-state index in [9.17, 15) is 0 Å². The fraction of sp³-hybridized carbons (Fsp3) is 0.647. The number of benzene rings is 1. The van der Waals surface area contributed by atoms with Crippen molar-refractivity contribution >= 4 is 0 Å². The van der Waals surface area contributed by atoms with Crippen LogP contribution in [0, 0.1) is 12.8 Å². The zero-order valence-corrected chi connectivity index (χ0v) is 12.5. The number of hydrogen-bond acceptors (Lipinski definition) is 2. The molecule has 2 heteroatoms. The highest BCUT2D eigenvalue weighted by molar-refractivity contribution is 5.38. The SMILES string of the molecule is CCC1CCCC(Oc2ccc(C)cc2[C@H](C)N)C1. The third-order valence-corrected chi connectivity index (χ3v) is 4.26. The van der Waals surface area contributed by atoms with Gasteiger partial charge in [0.2, 0.25) is 0 Å². The fourth-order valence-corrected chi connectivity index (χ4v) is 3.03. The molecule has 3 atom stereocenters. The van der Waals surface area contributed by atoms with E-state index >= 15 is 0 Å². The molecule has 1 aromatic carbocycles. The molecule has 2 N–H and O–H groups in total. The minimum Gasteiger partial charge on any atom is -0.490 e. The molecule has 1 fully saturated rings. The first-order valence-corrected chi connectivity index (χ1v) is 7.63. The molecule has 1 saturated carbocycles. The zero-order chi connectivity index (χ0) is 13.8. The molecule has 0 bridgehead atoms. The molecule has 0 aliphatic heterocycles. The molecule has 1 aliphatic carbocycles. The van der Waals surface area contributed by atoms with E-state index in [1.54, 1.807) is 0 Å². The normalized spacial score (nSPS) is 25.1. The van der Waals surface area contributed by atoms with Gasteiger partial charge >= 0.3 is 0 Å². The number of aryl methyl sites for hydroxylation is 1. The smallest absolute Gasteiger partial charge is 0.124 e. The molecule has 0 amide bonds. The van der Waals surface area contributed by atoms with Gasteiger partial charge in [-0.1, -0.05) is 37.5 Å². The molecule has 0 radical (unpaired) electrons. The summed E-state index contributed by atoms with van der Waals surface area (Å²) in [5.41, 5.74) is 8.44. The number of rotatable bonds is 4. The van der Waals surface area contributed by atoms with Crippen LogP contribution in [0.15, 0.2) is 18.2 Å². The molecule has 2 unspecified atom stereocenters. The summed E-state index contributed by atoms with van der Waals surface area (Å²) in [5, 5.41) is 0. The van der Waals surface area contributed by atoms with Crippen molar-refractivity contribution < 1.29 is 4.74 Å². The topological polar surface area (TPSA) is 35.2 Å². The van der Waals surface area contributed by atoms with Gasteiger partial charge in [-0.25, -0.2) is 0 Å². The van der Waals surface area contributed by atoms with Crippen LogP contribution in [-0.2, 0) is 0 Å². The largest absolute Gasteiger partial charge is 0.490 e. The molecule has 0 heterocycles. The van der Waals surface area contributed by atoms with Gasteiger partial charge in [0.15, 0.2) is 0 Å². The highest BCUT2D eigenvalue weighted by atomic mass is 16.5. The average molecular weight is 261 g/mol. The lowest BCUT2D eigenvalue weighted by Crippen LogP contribution is -2.26. The highest BCUT2D eigenvalue weighted by Crippen LogP contribution is 2.32. The molecule has 0 saturated heterocycles. The van der Waals surface area contributed by atoms with Crippen molar-refractivity contribution in [2.75, 3.05) is 0 Å². The van der Waals surface area contributed by atoms with Gasteiger partial charge in [-0.05, 0) is 45.1 Å². The first-order chi connectivity index (χ1) is 9.10. The fourth-order valence-electron chi connectivity index (χ4n) is 3.03. The third-order valence-electron chi connectivity index (χ3n) is 4.26. The Morgan fingerprint density at radius 3 is 2.84 bits per heavy atom. The predicted molar refractivity (Wildman–Crippen MR) is 80.4 cm³/mol. The summed E-state index contributed by atoms with van der Waals surface area (Å²) in [5.74, 6) is 1.82. The van der Waals surface area contributed by atoms with Crippen LogP contribution in [0.5, 0.6) is 5.75 Å². The van der Waals surface area contributed by atoms with E-state index in [0.717, 1.165) is 17.2 Å². The average Bonchev–Trinajstić information content (AvgIpc) is 2.41. The van der Waals surface area contributed by atoms with Gasteiger partial charge in [-0.2, -0.15) is 0 Å². The van der Waals surface area contributed by atoms with E-state index in [4.69, 9.17) is 10.5 Å². The summed E-state index contributed by atoms with van der Waals surface area (Å²) in [6, 6.07) is 6.38. The Hall–Kier alpha value is -1.02. The van der Waals surface area contributed by atoms with Gasteiger partial charge < -0.3 is 10.5 Å². The van der Waals surface area contributed by atoms with Crippen molar-refractivity contribution in [3.8, 4) is 5.75 Å². The van der Waals surface area contributed by atoms with Crippen LogP contribution in [0.25, 0.3) is 0 Å². The van der Waals surface area contributed by atoms with Crippen LogP contribution in [-0.4, -0.2) is 6.10 Å². The summed E-state index contributed by atoms with van der Waals surface area (Å²) in [4.78, 5) is 0. The van der Waals surface area contributed by atoms with Crippen LogP contribution in [0.3, 0.4) is 0 Å². The van der Waals surface area contributed by atoms with Gasteiger partial charge in [0, 0.05) is 11.6 Å². The first kappa shape index (κ1) is 14.4. The summed E-state index contributed by atoms with van der Waals surface area (Å²) in [6.45, 7) is 6.41. The lowest BCUT2D eigenvalue weighted by atomic mass is 9.85. The highest BCUT2D eigenvalue weighted by Gasteiger charge is 2.23. The Balaban J connectivity index is 2.10. The Morgan fingerprint density at radius 2 is 2.16 bits per heavy atom. The van der Waals surface area contributed by atoms with E-state index in [-0.39, 0.29) is 6.04 Å². The maximum absolute atomic E-state index is 6.25. The molecular weight excluding hydrogens is 234 g/mol. The standard InChI is InChI=1S/C17H27NO/c1-4-14-6-5-7-15(11-14)19-17-9-8-12(2)10-16(17)13(3)18/h8-10,13-15H,4-7,11,18H2,1-3H3/t13-,14?,15?/m0/s1. The predicted octanol–water partition coefficient (Wildman–Crippen LogP) is 4.36. The van der Waals surface area contributed by atoms with Crippen molar-refractivity contribution in [2.45, 2.75) is 65.0 Å². The van der Waals surface area contributed by atoms with Crippen LogP contribution >= 0.6 is 0 Å². The molecule has 0 spiro atoms. The van der Waals surface area contributed by atoms with Crippen LogP contribution in [0.1, 0.15) is 63.1 Å². The van der Waals surface area contributed by atoms with Crippen molar-refractivity contribution in [3.05, 3.63) is 29.3 Å². The van der Waals surface area contributed by atoms with E-state index in [2.05, 4.69) is 32.0 Å². The Labute approximate surface area is 117 Å². The summed E-state index contributed by atoms with van der Waals surface area (Å²) < 4.78 is 6.25. The van der Waals surface area contributed by atoms with E-state index in [0.29, 0.717) is 6.10 Å². The Kier molecular flexibility index (Phi) is 4.87. The Morgan fingerprint density at radius 1 is 1.37 bits per heavy atom. The molecule has 2 rings (SSSR count). The minimum atomic E-state index is 0.0282. The van der Waals surface area contributed by atoms with Crippen LogP contribution in [0.2, 0.25) is 0 Å². The van der Waals surface area contributed by atoms with Gasteiger partial charge in [0.25, 0.3) is 0 Å². The van der Waals surface area contributed by atoms with Crippen molar-refractivity contribution in [1.29, 1.82) is 0 Å². The van der Waals surface area contributed by atoms with E-state index < -0.39 is 0 Å². The second-order valence-corrected chi connectivity index (χ2v) is 6.01. The summed E-state index contributed by atoms with van der Waals surface area (Å²) in [7, 11) is 0. The second-order valence-electron chi connectivity index (χ2n) is 6.01. The van der Waals surface area contributed by atoms with Crippen molar-refractivity contribution in [1.82, 2.24) is 0 Å². The molecule has 1 aliphatic rings. The second kappa shape index (κ2) is 6.42. The van der Waals surface area contributed by atoms with Gasteiger partial charge in [0.05, 0.1) is 6.10 Å². The van der Waals surface area contributed by atoms with Crippen molar-refractivity contribution in [3.63, 3.8) is 0 Å². The molecular formula is C17H27NO. The van der Waals surface area contributed by atoms with Crippen LogP contribution < -0.4 is 10.5 Å². The third kappa shape index (κ3) is 3.73. The molecule has 2 nitrogen and oxygen atoms in total. The monoisotopic (exact) mass is 261 g/mol. The maximum Gasteiger partial charge on any atom is 0.124 e. The molecule has 0 aromatic heterocycles. The number of ether oxygens (including phenoxy) is 1. The summed E-state index contributed by atoms with van der Waals surface area (Å²) in [6.07, 6.45) is 6.69. The van der Waals surface area contributed by atoms with E-state index in [1.165, 1.54) is 37.7 Å². The minimum absolute atomic E-state index is 0.0282. The lowest BCUT2D eigenvalue weighted by molar-refractivity contribution is 0.120.